The van der Waals surface area contributed by atoms with E-state index in [9.17, 15) is 14.9 Å². The van der Waals surface area contributed by atoms with E-state index in [0.717, 1.165) is 17.3 Å². The molecule has 0 bridgehead atoms. The lowest BCUT2D eigenvalue weighted by atomic mass is 10.2. The third-order valence-electron chi connectivity index (χ3n) is 4.50. The molecule has 168 valence electrons. The standard InChI is InChI=1S/C20H16Cl2N8O3/c21-11-1-2-12(13(22)9-11)15-10-26-18(27-15)14-5-6-24-20(28-14)25-8-7-23-17-4-3-16(30(32)33)19(31)29-17/h1-6,9-10H,7-8H2,(H,26,27)(H2,23,29,31)(H,24,25,28). The highest BCUT2D eigenvalue weighted by Gasteiger charge is 2.12. The molecule has 11 nitrogen and oxygen atoms in total. The Bertz CT molecular complexity index is 1370. The molecule has 0 saturated carbocycles. The molecule has 3 aromatic heterocycles. The van der Waals surface area contributed by atoms with Crippen molar-refractivity contribution in [3.63, 3.8) is 0 Å². The maximum atomic E-state index is 11.6. The molecule has 0 unspecified atom stereocenters. The second kappa shape index (κ2) is 9.67. The maximum Gasteiger partial charge on any atom is 0.334 e. The van der Waals surface area contributed by atoms with Gasteiger partial charge < -0.3 is 20.6 Å². The van der Waals surface area contributed by atoms with Crippen molar-refractivity contribution >= 4 is 40.7 Å². The molecule has 0 aliphatic carbocycles. The summed E-state index contributed by atoms with van der Waals surface area (Å²) < 4.78 is 0. The number of H-pyrrole nitrogens is 2. The van der Waals surface area contributed by atoms with Crippen molar-refractivity contribution < 1.29 is 4.92 Å². The van der Waals surface area contributed by atoms with Gasteiger partial charge in [0.15, 0.2) is 5.82 Å². The highest BCUT2D eigenvalue weighted by atomic mass is 35.5. The van der Waals surface area contributed by atoms with Gasteiger partial charge in [-0.3, -0.25) is 14.9 Å². The Balaban J connectivity index is 1.38. The first kappa shape index (κ1) is 22.2. The zero-order valence-corrected chi connectivity index (χ0v) is 18.3. The Morgan fingerprint density at radius 1 is 1.03 bits per heavy atom. The van der Waals surface area contributed by atoms with Crippen LogP contribution in [0.4, 0.5) is 17.5 Å². The highest BCUT2D eigenvalue weighted by molar-refractivity contribution is 6.36. The number of benzene rings is 1. The molecule has 0 fully saturated rings. The molecule has 4 N–H and O–H groups in total. The minimum absolute atomic E-state index is 0.367. The van der Waals surface area contributed by atoms with Gasteiger partial charge in [-0.05, 0) is 30.3 Å². The van der Waals surface area contributed by atoms with Crippen LogP contribution in [0, 0.1) is 10.1 Å². The molecule has 3 heterocycles. The predicted molar refractivity (Wildman–Crippen MR) is 126 cm³/mol. The molecule has 13 heteroatoms. The molecule has 33 heavy (non-hydrogen) atoms. The average Bonchev–Trinajstić information content (AvgIpc) is 3.27. The van der Waals surface area contributed by atoms with Crippen LogP contribution in [-0.2, 0) is 0 Å². The van der Waals surface area contributed by atoms with Crippen molar-refractivity contribution in [3.8, 4) is 22.8 Å². The Morgan fingerprint density at radius 2 is 1.85 bits per heavy atom. The van der Waals surface area contributed by atoms with Crippen LogP contribution < -0.4 is 16.2 Å². The first-order chi connectivity index (χ1) is 15.9. The van der Waals surface area contributed by atoms with Gasteiger partial charge in [-0.25, -0.2) is 15.0 Å². The molecule has 0 saturated heterocycles. The van der Waals surface area contributed by atoms with Gasteiger partial charge in [-0.2, -0.15) is 0 Å². The molecule has 0 amide bonds. The summed E-state index contributed by atoms with van der Waals surface area (Å²) in [7, 11) is 0. The number of aromatic nitrogens is 5. The number of halogens is 2. The highest BCUT2D eigenvalue weighted by Crippen LogP contribution is 2.30. The predicted octanol–water partition coefficient (Wildman–Crippen LogP) is 3.96. The molecule has 0 atom stereocenters. The summed E-state index contributed by atoms with van der Waals surface area (Å²) in [6, 6.07) is 9.51. The van der Waals surface area contributed by atoms with Crippen molar-refractivity contribution in [1.82, 2.24) is 24.9 Å². The zero-order valence-electron chi connectivity index (χ0n) is 16.8. The number of hydrogen-bond acceptors (Lipinski definition) is 8. The minimum Gasteiger partial charge on any atom is -0.370 e. The fourth-order valence-corrected chi connectivity index (χ4v) is 3.47. The van der Waals surface area contributed by atoms with Gasteiger partial charge in [0.2, 0.25) is 5.95 Å². The van der Waals surface area contributed by atoms with Gasteiger partial charge in [-0.15, -0.1) is 0 Å². The van der Waals surface area contributed by atoms with Crippen LogP contribution in [0.25, 0.3) is 22.8 Å². The van der Waals surface area contributed by atoms with Gasteiger partial charge in [0.05, 0.1) is 21.8 Å². The third-order valence-corrected chi connectivity index (χ3v) is 5.05. The Morgan fingerprint density at radius 3 is 2.61 bits per heavy atom. The van der Waals surface area contributed by atoms with E-state index >= 15 is 0 Å². The quantitative estimate of drug-likeness (QED) is 0.165. The topological polar surface area (TPSA) is 155 Å². The van der Waals surface area contributed by atoms with Crippen molar-refractivity contribution in [3.05, 3.63) is 79.3 Å². The third kappa shape index (κ3) is 5.27. The molecular weight excluding hydrogens is 471 g/mol. The summed E-state index contributed by atoms with van der Waals surface area (Å²) >= 11 is 12.2. The number of pyridine rings is 1. The first-order valence-corrected chi connectivity index (χ1v) is 10.4. The van der Waals surface area contributed by atoms with Crippen LogP contribution >= 0.6 is 23.2 Å². The lowest BCUT2D eigenvalue weighted by Crippen LogP contribution is -2.18. The molecule has 1 aromatic carbocycles. The first-order valence-electron chi connectivity index (χ1n) is 9.60. The van der Waals surface area contributed by atoms with Gasteiger partial charge >= 0.3 is 11.2 Å². The number of anilines is 2. The van der Waals surface area contributed by atoms with E-state index in [-0.39, 0.29) is 0 Å². The van der Waals surface area contributed by atoms with E-state index in [0.29, 0.717) is 46.4 Å². The summed E-state index contributed by atoms with van der Waals surface area (Å²) in [5, 5.41) is 17.8. The van der Waals surface area contributed by atoms with Crippen LogP contribution in [0.15, 0.2) is 53.6 Å². The molecule has 0 radical (unpaired) electrons. The van der Waals surface area contributed by atoms with Crippen molar-refractivity contribution in [2.45, 2.75) is 0 Å². The summed E-state index contributed by atoms with van der Waals surface area (Å²) in [5.41, 5.74) is 0.787. The Labute approximate surface area is 196 Å². The van der Waals surface area contributed by atoms with E-state index in [2.05, 4.69) is 35.6 Å². The fraction of sp³-hybridized carbons (Fsp3) is 0.100. The van der Waals surface area contributed by atoms with Crippen LogP contribution in [0.3, 0.4) is 0 Å². The van der Waals surface area contributed by atoms with E-state index in [1.165, 1.54) is 6.07 Å². The van der Waals surface area contributed by atoms with Crippen molar-refractivity contribution in [1.29, 1.82) is 0 Å². The number of aromatic amines is 2. The van der Waals surface area contributed by atoms with Crippen molar-refractivity contribution in [2.24, 2.45) is 0 Å². The molecule has 4 aromatic rings. The smallest absolute Gasteiger partial charge is 0.334 e. The Hall–Kier alpha value is -3.96. The largest absolute Gasteiger partial charge is 0.370 e. The summed E-state index contributed by atoms with van der Waals surface area (Å²) in [4.78, 5) is 40.2. The maximum absolute atomic E-state index is 11.6. The van der Waals surface area contributed by atoms with E-state index in [1.807, 2.05) is 0 Å². The lowest BCUT2D eigenvalue weighted by Gasteiger charge is -2.08. The van der Waals surface area contributed by atoms with Gasteiger partial charge in [0.25, 0.3) is 0 Å². The van der Waals surface area contributed by atoms with E-state index in [1.54, 1.807) is 36.7 Å². The number of nitrogens with zero attached hydrogens (tertiary/aromatic N) is 4. The lowest BCUT2D eigenvalue weighted by molar-refractivity contribution is -0.386. The molecule has 0 aliphatic heterocycles. The summed E-state index contributed by atoms with van der Waals surface area (Å²) in [6.45, 7) is 0.827. The van der Waals surface area contributed by atoms with Gasteiger partial charge in [-0.1, -0.05) is 23.2 Å². The number of nitro groups is 1. The number of hydrogen-bond donors (Lipinski definition) is 4. The van der Waals surface area contributed by atoms with E-state index in [4.69, 9.17) is 23.2 Å². The number of nitrogens with one attached hydrogen (secondary N) is 4. The molecule has 4 rings (SSSR count). The summed E-state index contributed by atoms with van der Waals surface area (Å²) in [5.74, 6) is 1.29. The second-order valence-electron chi connectivity index (χ2n) is 6.73. The fourth-order valence-electron chi connectivity index (χ4n) is 2.96. The Kier molecular flexibility index (Phi) is 6.52. The zero-order chi connectivity index (χ0) is 23.4. The molecular formula is C20H16Cl2N8O3. The summed E-state index contributed by atoms with van der Waals surface area (Å²) in [6.07, 6.45) is 3.26. The molecule has 0 aliphatic rings. The van der Waals surface area contributed by atoms with Crippen LogP contribution in [0.2, 0.25) is 10.0 Å². The van der Waals surface area contributed by atoms with Crippen LogP contribution in [-0.4, -0.2) is 42.9 Å². The number of imidazole rings is 1. The van der Waals surface area contributed by atoms with E-state index < -0.39 is 16.2 Å². The SMILES string of the molecule is O=c1[nH]c(NCCNc2nccc(-c3ncc(-c4ccc(Cl)cc4Cl)[nH]3)n2)ccc1[N+](=O)[O-]. The monoisotopic (exact) mass is 486 g/mol. The number of rotatable bonds is 8. The normalized spacial score (nSPS) is 10.7. The molecule has 0 spiro atoms. The minimum atomic E-state index is -0.772. The van der Waals surface area contributed by atoms with Crippen LogP contribution in [0.1, 0.15) is 0 Å². The second-order valence-corrected chi connectivity index (χ2v) is 7.58. The van der Waals surface area contributed by atoms with Crippen LogP contribution in [0.5, 0.6) is 0 Å². The van der Waals surface area contributed by atoms with Crippen molar-refractivity contribution in [2.75, 3.05) is 23.7 Å². The van der Waals surface area contributed by atoms with Gasteiger partial charge in [0.1, 0.15) is 11.5 Å². The average molecular weight is 487 g/mol. The van der Waals surface area contributed by atoms with Gasteiger partial charge in [0, 0.05) is 35.9 Å².